The fraction of sp³-hybridized carbons (Fsp3) is 0.385. The molecule has 0 bridgehead atoms. The number of anilines is 1. The normalized spacial score (nSPS) is 16.4. The Balaban J connectivity index is 2.38. The highest BCUT2D eigenvalue weighted by molar-refractivity contribution is 6.14. The number of rotatable bonds is 1. The first kappa shape index (κ1) is 11.8. The molecule has 1 heterocycles. The van der Waals surface area contributed by atoms with Crippen LogP contribution in [-0.4, -0.2) is 11.6 Å². The molecule has 0 aliphatic carbocycles. The second-order valence-electron chi connectivity index (χ2n) is 5.13. The van der Waals surface area contributed by atoms with Crippen LogP contribution in [0, 0.1) is 11.2 Å². The third kappa shape index (κ3) is 2.20. The van der Waals surface area contributed by atoms with Gasteiger partial charge in [0.05, 0.1) is 12.1 Å². The zero-order chi connectivity index (χ0) is 12.6. The number of halogens is 1. The lowest BCUT2D eigenvalue weighted by molar-refractivity contribution is -0.117. The van der Waals surface area contributed by atoms with Crippen LogP contribution in [0.1, 0.15) is 27.2 Å². The van der Waals surface area contributed by atoms with Crippen molar-refractivity contribution in [3.8, 4) is 0 Å². The van der Waals surface area contributed by atoms with Gasteiger partial charge in [0.15, 0.2) is 0 Å². The molecule has 0 spiro atoms. The molecular weight excluding hydrogens is 219 g/mol. The SMILES string of the molecule is CC(C)(C)C1=NN(c2ccccc2F)C(=O)C1. The average Bonchev–Trinajstić information content (AvgIpc) is 2.61. The highest BCUT2D eigenvalue weighted by Crippen LogP contribution is 2.29. The van der Waals surface area contributed by atoms with E-state index in [1.165, 1.54) is 6.07 Å². The predicted octanol–water partition coefficient (Wildman–Crippen LogP) is 2.96. The van der Waals surface area contributed by atoms with Crippen molar-refractivity contribution in [2.45, 2.75) is 27.2 Å². The summed E-state index contributed by atoms with van der Waals surface area (Å²) in [4.78, 5) is 11.8. The van der Waals surface area contributed by atoms with E-state index in [9.17, 15) is 9.18 Å². The maximum Gasteiger partial charge on any atom is 0.253 e. The number of carbonyl (C=O) groups is 1. The Bertz CT molecular complexity index is 488. The molecule has 1 aliphatic rings. The molecule has 0 saturated carbocycles. The molecule has 0 fully saturated rings. The number of para-hydroxylation sites is 1. The van der Waals surface area contributed by atoms with Crippen molar-refractivity contribution in [3.05, 3.63) is 30.1 Å². The minimum absolute atomic E-state index is 0.171. The third-order valence-electron chi connectivity index (χ3n) is 2.72. The molecule has 1 aromatic carbocycles. The van der Waals surface area contributed by atoms with Crippen LogP contribution < -0.4 is 5.01 Å². The van der Waals surface area contributed by atoms with E-state index in [0.717, 1.165) is 10.7 Å². The first-order chi connectivity index (χ1) is 7.89. The van der Waals surface area contributed by atoms with Gasteiger partial charge in [-0.25, -0.2) is 4.39 Å². The number of benzene rings is 1. The molecular formula is C13H15FN2O. The Kier molecular flexibility index (Phi) is 2.73. The van der Waals surface area contributed by atoms with Gasteiger partial charge in [0.25, 0.3) is 5.91 Å². The summed E-state index contributed by atoms with van der Waals surface area (Å²) in [7, 11) is 0. The zero-order valence-electron chi connectivity index (χ0n) is 10.2. The Morgan fingerprint density at radius 3 is 2.47 bits per heavy atom. The van der Waals surface area contributed by atoms with E-state index in [1.807, 2.05) is 20.8 Å². The number of amides is 1. The van der Waals surface area contributed by atoms with Gasteiger partial charge < -0.3 is 0 Å². The van der Waals surface area contributed by atoms with E-state index < -0.39 is 5.82 Å². The average molecular weight is 234 g/mol. The van der Waals surface area contributed by atoms with Gasteiger partial charge in [0.1, 0.15) is 11.5 Å². The number of hydrogen-bond acceptors (Lipinski definition) is 2. The lowest BCUT2D eigenvalue weighted by Gasteiger charge is -2.16. The summed E-state index contributed by atoms with van der Waals surface area (Å²) in [5.74, 6) is -0.611. The number of hydrogen-bond donors (Lipinski definition) is 0. The molecule has 4 heteroatoms. The molecule has 1 amide bonds. The molecule has 0 saturated heterocycles. The fourth-order valence-electron chi connectivity index (χ4n) is 1.66. The number of carbonyl (C=O) groups excluding carboxylic acids is 1. The summed E-state index contributed by atoms with van der Waals surface area (Å²) < 4.78 is 13.6. The van der Waals surface area contributed by atoms with Gasteiger partial charge in [0, 0.05) is 5.41 Å². The Morgan fingerprint density at radius 2 is 1.94 bits per heavy atom. The Morgan fingerprint density at radius 1 is 1.29 bits per heavy atom. The number of nitrogens with zero attached hydrogens (tertiary/aromatic N) is 2. The molecule has 1 aliphatic heterocycles. The summed E-state index contributed by atoms with van der Waals surface area (Å²) in [5.41, 5.74) is 0.831. The van der Waals surface area contributed by atoms with Crippen LogP contribution in [-0.2, 0) is 4.79 Å². The summed E-state index contributed by atoms with van der Waals surface area (Å²) in [6, 6.07) is 6.17. The number of hydrazone groups is 1. The summed E-state index contributed by atoms with van der Waals surface area (Å²) >= 11 is 0. The molecule has 90 valence electrons. The van der Waals surface area contributed by atoms with Gasteiger partial charge in [0.2, 0.25) is 0 Å². The Labute approximate surface area is 99.9 Å². The van der Waals surface area contributed by atoms with Crippen molar-refractivity contribution in [1.29, 1.82) is 0 Å². The summed E-state index contributed by atoms with van der Waals surface area (Å²) in [6.45, 7) is 5.97. The standard InChI is InChI=1S/C13H15FN2O/c1-13(2,3)11-8-12(17)16(15-11)10-7-5-4-6-9(10)14/h4-7H,8H2,1-3H3. The van der Waals surface area contributed by atoms with Crippen LogP contribution in [0.25, 0.3) is 0 Å². The van der Waals surface area contributed by atoms with E-state index in [-0.39, 0.29) is 23.4 Å². The quantitative estimate of drug-likeness (QED) is 0.735. The molecule has 0 unspecified atom stereocenters. The van der Waals surface area contributed by atoms with Crippen LogP contribution in [0.4, 0.5) is 10.1 Å². The van der Waals surface area contributed by atoms with Crippen LogP contribution in [0.2, 0.25) is 0 Å². The maximum absolute atomic E-state index is 13.6. The van der Waals surface area contributed by atoms with E-state index in [0.29, 0.717) is 0 Å². The molecule has 3 nitrogen and oxygen atoms in total. The molecule has 0 aromatic heterocycles. The summed E-state index contributed by atoms with van der Waals surface area (Å²) in [6.07, 6.45) is 0.262. The third-order valence-corrected chi connectivity index (χ3v) is 2.72. The van der Waals surface area contributed by atoms with Gasteiger partial charge in [-0.2, -0.15) is 10.1 Å². The van der Waals surface area contributed by atoms with Crippen LogP contribution >= 0.6 is 0 Å². The summed E-state index contributed by atoms with van der Waals surface area (Å²) in [5, 5.41) is 5.39. The smallest absolute Gasteiger partial charge is 0.253 e. The first-order valence-electron chi connectivity index (χ1n) is 5.55. The largest absolute Gasteiger partial charge is 0.272 e. The van der Waals surface area contributed by atoms with E-state index in [4.69, 9.17) is 0 Å². The van der Waals surface area contributed by atoms with Crippen molar-refractivity contribution in [1.82, 2.24) is 0 Å². The second-order valence-corrected chi connectivity index (χ2v) is 5.13. The molecule has 2 rings (SSSR count). The van der Waals surface area contributed by atoms with Crippen molar-refractivity contribution in [2.24, 2.45) is 10.5 Å². The fourth-order valence-corrected chi connectivity index (χ4v) is 1.66. The predicted molar refractivity (Wildman–Crippen MR) is 65.4 cm³/mol. The lowest BCUT2D eigenvalue weighted by Crippen LogP contribution is -2.21. The second kappa shape index (κ2) is 3.95. The molecule has 17 heavy (non-hydrogen) atoms. The van der Waals surface area contributed by atoms with Crippen LogP contribution in [0.5, 0.6) is 0 Å². The lowest BCUT2D eigenvalue weighted by atomic mass is 9.88. The van der Waals surface area contributed by atoms with E-state index in [1.54, 1.807) is 18.2 Å². The highest BCUT2D eigenvalue weighted by atomic mass is 19.1. The zero-order valence-corrected chi connectivity index (χ0v) is 10.2. The molecule has 1 aromatic rings. The highest BCUT2D eigenvalue weighted by Gasteiger charge is 2.32. The van der Waals surface area contributed by atoms with Gasteiger partial charge in [-0.3, -0.25) is 4.79 Å². The van der Waals surface area contributed by atoms with Crippen molar-refractivity contribution < 1.29 is 9.18 Å². The molecule has 0 N–H and O–H groups in total. The van der Waals surface area contributed by atoms with Gasteiger partial charge in [-0.05, 0) is 12.1 Å². The van der Waals surface area contributed by atoms with E-state index in [2.05, 4.69) is 5.10 Å². The van der Waals surface area contributed by atoms with Gasteiger partial charge in [-0.1, -0.05) is 32.9 Å². The van der Waals surface area contributed by atoms with Crippen molar-refractivity contribution in [2.75, 3.05) is 5.01 Å². The Hall–Kier alpha value is -1.71. The minimum Gasteiger partial charge on any atom is -0.272 e. The van der Waals surface area contributed by atoms with Crippen LogP contribution in [0.3, 0.4) is 0 Å². The van der Waals surface area contributed by atoms with Crippen molar-refractivity contribution in [3.63, 3.8) is 0 Å². The van der Waals surface area contributed by atoms with Crippen molar-refractivity contribution >= 4 is 17.3 Å². The monoisotopic (exact) mass is 234 g/mol. The van der Waals surface area contributed by atoms with Gasteiger partial charge >= 0.3 is 0 Å². The topological polar surface area (TPSA) is 32.7 Å². The van der Waals surface area contributed by atoms with Gasteiger partial charge in [-0.15, -0.1) is 0 Å². The van der Waals surface area contributed by atoms with Crippen LogP contribution in [0.15, 0.2) is 29.4 Å². The molecule has 0 radical (unpaired) electrons. The minimum atomic E-state index is -0.431. The first-order valence-corrected chi connectivity index (χ1v) is 5.55. The maximum atomic E-state index is 13.6. The molecule has 0 atom stereocenters. The van der Waals surface area contributed by atoms with E-state index >= 15 is 0 Å².